The number of aromatic nitrogens is 3. The number of benzene rings is 2. The number of pyridine rings is 1. The van der Waals surface area contributed by atoms with Gasteiger partial charge in [-0.3, -0.25) is 9.78 Å². The number of hydrogen-bond donors (Lipinski definition) is 2. The number of nitrogens with one attached hydrogen (secondary N) is 2. The SMILES string of the molecule is CC(C)c1cc(Nc2nc3cc(Oc4ccnc(C(=O)NCCN5CCCC5)c4)ccc3n2C)ccc1OC(F)(F)F. The standard InChI is InChI=1S/C30H33F3N6O3/c1-19(2)23-16-20(6-9-27(23)42-30(31,32)33)36-29-37-24-17-21(7-8-26(24)38(29)3)41-22-10-11-34-25(18-22)28(40)35-12-15-39-13-4-5-14-39/h6-11,16-19H,4-5,12-15H2,1-3H3,(H,35,40)(H,36,37). The number of alkyl halides is 3. The van der Waals surface area contributed by atoms with Crippen LogP contribution < -0.4 is 20.1 Å². The summed E-state index contributed by atoms with van der Waals surface area (Å²) in [6.07, 6.45) is -0.836. The van der Waals surface area contributed by atoms with E-state index < -0.39 is 6.36 Å². The van der Waals surface area contributed by atoms with Crippen LogP contribution in [0.2, 0.25) is 0 Å². The Hall–Kier alpha value is -4.32. The number of amides is 1. The highest BCUT2D eigenvalue weighted by Gasteiger charge is 2.32. The zero-order chi connectivity index (χ0) is 29.9. The van der Waals surface area contributed by atoms with Crippen LogP contribution >= 0.6 is 0 Å². The summed E-state index contributed by atoms with van der Waals surface area (Å²) in [5.74, 6) is 0.806. The average molecular weight is 583 g/mol. The summed E-state index contributed by atoms with van der Waals surface area (Å²) >= 11 is 0. The Bertz CT molecular complexity index is 1560. The normalized spacial score (nSPS) is 14.0. The van der Waals surface area contributed by atoms with E-state index >= 15 is 0 Å². The molecule has 0 bridgehead atoms. The monoisotopic (exact) mass is 582 g/mol. The highest BCUT2D eigenvalue weighted by Crippen LogP contribution is 2.35. The first-order chi connectivity index (χ1) is 20.1. The van der Waals surface area contributed by atoms with Gasteiger partial charge in [0.2, 0.25) is 5.95 Å². The van der Waals surface area contributed by atoms with Crippen molar-refractivity contribution in [3.63, 3.8) is 0 Å². The smallest absolute Gasteiger partial charge is 0.457 e. The third kappa shape index (κ3) is 7.11. The van der Waals surface area contributed by atoms with Crippen molar-refractivity contribution in [1.82, 2.24) is 24.8 Å². The maximum Gasteiger partial charge on any atom is 0.573 e. The van der Waals surface area contributed by atoms with Crippen molar-refractivity contribution in [3.05, 3.63) is 66.0 Å². The summed E-state index contributed by atoms with van der Waals surface area (Å²) in [6, 6.07) is 13.1. The molecule has 12 heteroatoms. The Morgan fingerprint density at radius 3 is 2.55 bits per heavy atom. The van der Waals surface area contributed by atoms with Gasteiger partial charge in [0, 0.05) is 44.2 Å². The van der Waals surface area contributed by atoms with E-state index in [1.165, 1.54) is 31.2 Å². The molecular formula is C30H33F3N6O3. The second-order valence-corrected chi connectivity index (χ2v) is 10.5. The first kappa shape index (κ1) is 29.2. The van der Waals surface area contributed by atoms with Crippen LogP contribution in [0.4, 0.5) is 24.8 Å². The number of likely N-dealkylation sites (tertiary alicyclic amines) is 1. The first-order valence-corrected chi connectivity index (χ1v) is 13.8. The molecule has 1 fully saturated rings. The lowest BCUT2D eigenvalue weighted by Crippen LogP contribution is -2.33. The number of imidazole rings is 1. The van der Waals surface area contributed by atoms with Gasteiger partial charge in [-0.15, -0.1) is 13.2 Å². The summed E-state index contributed by atoms with van der Waals surface area (Å²) < 4.78 is 50.6. The molecule has 0 atom stereocenters. The molecule has 0 spiro atoms. The molecule has 0 unspecified atom stereocenters. The van der Waals surface area contributed by atoms with Gasteiger partial charge in [0.25, 0.3) is 5.91 Å². The highest BCUT2D eigenvalue weighted by atomic mass is 19.4. The molecule has 2 N–H and O–H groups in total. The van der Waals surface area contributed by atoms with Crippen LogP contribution in [0.5, 0.6) is 17.2 Å². The Labute approximate surface area is 241 Å². The van der Waals surface area contributed by atoms with Crippen molar-refractivity contribution in [2.24, 2.45) is 7.05 Å². The van der Waals surface area contributed by atoms with E-state index in [1.54, 1.807) is 44.2 Å². The number of carbonyl (C=O) groups is 1. The Morgan fingerprint density at radius 2 is 1.81 bits per heavy atom. The van der Waals surface area contributed by atoms with Crippen LogP contribution in [-0.4, -0.2) is 57.9 Å². The van der Waals surface area contributed by atoms with E-state index in [4.69, 9.17) is 4.74 Å². The van der Waals surface area contributed by atoms with Crippen LogP contribution in [0.3, 0.4) is 0 Å². The summed E-state index contributed by atoms with van der Waals surface area (Å²) in [4.78, 5) is 23.8. The molecular weight excluding hydrogens is 549 g/mol. The number of hydrogen-bond acceptors (Lipinski definition) is 7. The van der Waals surface area contributed by atoms with Crippen molar-refractivity contribution in [2.45, 2.75) is 39.0 Å². The van der Waals surface area contributed by atoms with Crippen molar-refractivity contribution in [3.8, 4) is 17.2 Å². The Kier molecular flexibility index (Phi) is 8.53. The summed E-state index contributed by atoms with van der Waals surface area (Å²) in [6.45, 7) is 7.12. The van der Waals surface area contributed by atoms with Crippen LogP contribution in [0.1, 0.15) is 48.7 Å². The van der Waals surface area contributed by atoms with Crippen molar-refractivity contribution >= 4 is 28.6 Å². The summed E-state index contributed by atoms with van der Waals surface area (Å²) in [5, 5.41) is 6.11. The molecule has 1 saturated heterocycles. The minimum atomic E-state index is -4.77. The molecule has 2 aromatic heterocycles. The minimum Gasteiger partial charge on any atom is -0.457 e. The highest BCUT2D eigenvalue weighted by molar-refractivity contribution is 5.92. The summed E-state index contributed by atoms with van der Waals surface area (Å²) in [5.41, 5.74) is 2.73. The molecule has 5 rings (SSSR count). The fourth-order valence-electron chi connectivity index (χ4n) is 4.94. The van der Waals surface area contributed by atoms with E-state index in [-0.39, 0.29) is 23.3 Å². The first-order valence-electron chi connectivity index (χ1n) is 13.8. The number of aryl methyl sites for hydroxylation is 1. The molecule has 3 heterocycles. The van der Waals surface area contributed by atoms with Crippen molar-refractivity contribution in [2.75, 3.05) is 31.5 Å². The fourth-order valence-corrected chi connectivity index (χ4v) is 4.94. The average Bonchev–Trinajstić information content (AvgIpc) is 3.56. The predicted octanol–water partition coefficient (Wildman–Crippen LogP) is 6.35. The third-order valence-electron chi connectivity index (χ3n) is 7.08. The van der Waals surface area contributed by atoms with Gasteiger partial charge in [0.05, 0.1) is 11.0 Å². The summed E-state index contributed by atoms with van der Waals surface area (Å²) in [7, 11) is 1.83. The van der Waals surface area contributed by atoms with Gasteiger partial charge in [-0.1, -0.05) is 13.8 Å². The Morgan fingerprint density at radius 1 is 1.05 bits per heavy atom. The molecule has 42 heavy (non-hydrogen) atoms. The van der Waals surface area contributed by atoms with E-state index in [1.807, 2.05) is 17.7 Å². The van der Waals surface area contributed by atoms with Gasteiger partial charge < -0.3 is 29.6 Å². The lowest BCUT2D eigenvalue weighted by Gasteiger charge is -2.17. The molecule has 1 aliphatic heterocycles. The third-order valence-corrected chi connectivity index (χ3v) is 7.08. The number of rotatable bonds is 10. The zero-order valence-electron chi connectivity index (χ0n) is 23.7. The van der Waals surface area contributed by atoms with Crippen molar-refractivity contribution < 1.29 is 27.4 Å². The fraction of sp³-hybridized carbons (Fsp3) is 0.367. The Balaban J connectivity index is 1.28. The van der Waals surface area contributed by atoms with Crippen LogP contribution in [0.15, 0.2) is 54.7 Å². The zero-order valence-corrected chi connectivity index (χ0v) is 23.7. The van der Waals surface area contributed by atoms with Gasteiger partial charge in [-0.05, 0) is 73.8 Å². The number of ether oxygens (including phenoxy) is 2. The number of anilines is 2. The molecule has 222 valence electrons. The van der Waals surface area contributed by atoms with Crippen LogP contribution in [-0.2, 0) is 7.05 Å². The number of nitrogens with zero attached hydrogens (tertiary/aromatic N) is 4. The van der Waals surface area contributed by atoms with E-state index in [9.17, 15) is 18.0 Å². The van der Waals surface area contributed by atoms with Gasteiger partial charge in [-0.2, -0.15) is 0 Å². The van der Waals surface area contributed by atoms with E-state index in [0.717, 1.165) is 25.2 Å². The second-order valence-electron chi connectivity index (χ2n) is 10.5. The number of halogens is 3. The maximum atomic E-state index is 12.8. The molecule has 9 nitrogen and oxygen atoms in total. The molecule has 0 saturated carbocycles. The van der Waals surface area contributed by atoms with Crippen LogP contribution in [0, 0.1) is 0 Å². The predicted molar refractivity (Wildman–Crippen MR) is 154 cm³/mol. The van der Waals surface area contributed by atoms with E-state index in [2.05, 4.69) is 30.2 Å². The van der Waals surface area contributed by atoms with E-state index in [0.29, 0.717) is 40.8 Å². The molecule has 2 aromatic carbocycles. The molecule has 0 aliphatic carbocycles. The lowest BCUT2D eigenvalue weighted by molar-refractivity contribution is -0.274. The second kappa shape index (κ2) is 12.3. The number of carbonyl (C=O) groups excluding carboxylic acids is 1. The lowest BCUT2D eigenvalue weighted by atomic mass is 10.0. The van der Waals surface area contributed by atoms with Gasteiger partial charge in [0.1, 0.15) is 22.9 Å². The number of fused-ring (bicyclic) bond motifs is 1. The van der Waals surface area contributed by atoms with Crippen molar-refractivity contribution in [1.29, 1.82) is 0 Å². The topological polar surface area (TPSA) is 93.5 Å². The quantitative estimate of drug-likeness (QED) is 0.225. The molecule has 1 aliphatic rings. The van der Waals surface area contributed by atoms with Crippen LogP contribution in [0.25, 0.3) is 11.0 Å². The maximum absolute atomic E-state index is 12.8. The molecule has 1 amide bonds. The van der Waals surface area contributed by atoms with Gasteiger partial charge in [0.15, 0.2) is 0 Å². The van der Waals surface area contributed by atoms with Gasteiger partial charge in [-0.25, -0.2) is 4.98 Å². The minimum absolute atomic E-state index is 0.195. The largest absolute Gasteiger partial charge is 0.573 e. The van der Waals surface area contributed by atoms with Gasteiger partial charge >= 0.3 is 6.36 Å². The molecule has 0 radical (unpaired) electrons. The molecule has 4 aromatic rings.